The van der Waals surface area contributed by atoms with Crippen LogP contribution >= 0.6 is 11.8 Å². The van der Waals surface area contributed by atoms with Crippen molar-refractivity contribution in [2.24, 2.45) is 10.9 Å². The van der Waals surface area contributed by atoms with Crippen LogP contribution < -0.4 is 5.73 Å². The van der Waals surface area contributed by atoms with E-state index in [1.807, 2.05) is 0 Å². The van der Waals surface area contributed by atoms with Gasteiger partial charge in [0.2, 0.25) is 0 Å². The molecule has 0 amide bonds. The number of aromatic nitrogens is 1. The fourth-order valence-electron chi connectivity index (χ4n) is 1.33. The molecule has 3 N–H and O–H groups in total. The van der Waals surface area contributed by atoms with Gasteiger partial charge in [-0.15, -0.1) is 0 Å². The number of nitrogens with zero attached hydrogens (tertiary/aromatic N) is 2. The first kappa shape index (κ1) is 13.3. The third-order valence-electron chi connectivity index (χ3n) is 2.23. The predicted molar refractivity (Wildman–Crippen MR) is 67.2 cm³/mol. The second-order valence-electron chi connectivity index (χ2n) is 3.54. The number of oxime groups is 1. The largest absolute Gasteiger partial charge is 0.409 e. The Kier molecular flexibility index (Phi) is 3.96. The Hall–Kier alpha value is -2.15. The van der Waals surface area contributed by atoms with Crippen LogP contribution in [0.15, 0.2) is 51.5 Å². The van der Waals surface area contributed by atoms with Gasteiger partial charge >= 0.3 is 0 Å². The van der Waals surface area contributed by atoms with Crippen LogP contribution in [0, 0.1) is 11.6 Å². The van der Waals surface area contributed by atoms with E-state index in [4.69, 9.17) is 10.9 Å². The normalized spacial score (nSPS) is 11.6. The fourth-order valence-corrected chi connectivity index (χ4v) is 2.12. The summed E-state index contributed by atoms with van der Waals surface area (Å²) >= 11 is 1.10. The maximum absolute atomic E-state index is 13.4. The summed E-state index contributed by atoms with van der Waals surface area (Å²) in [6, 6.07) is 6.55. The average molecular weight is 281 g/mol. The molecule has 1 aromatic heterocycles. The van der Waals surface area contributed by atoms with Crippen molar-refractivity contribution < 1.29 is 14.0 Å². The highest BCUT2D eigenvalue weighted by Gasteiger charge is 2.07. The Morgan fingerprint density at radius 1 is 1.26 bits per heavy atom. The molecule has 0 aliphatic heterocycles. The van der Waals surface area contributed by atoms with Crippen LogP contribution in [0.25, 0.3) is 0 Å². The van der Waals surface area contributed by atoms with E-state index >= 15 is 0 Å². The lowest BCUT2D eigenvalue weighted by Gasteiger charge is -2.04. The number of rotatable bonds is 3. The average Bonchev–Trinajstić information content (AvgIpc) is 2.42. The van der Waals surface area contributed by atoms with E-state index in [0.29, 0.717) is 15.5 Å². The molecule has 0 atom stereocenters. The first-order valence-electron chi connectivity index (χ1n) is 5.17. The first-order valence-corrected chi connectivity index (χ1v) is 5.98. The zero-order valence-corrected chi connectivity index (χ0v) is 10.4. The topological polar surface area (TPSA) is 71.5 Å². The van der Waals surface area contributed by atoms with Crippen molar-refractivity contribution in [1.29, 1.82) is 0 Å². The fraction of sp³-hybridized carbons (Fsp3) is 0. The minimum Gasteiger partial charge on any atom is -0.409 e. The van der Waals surface area contributed by atoms with E-state index in [2.05, 4.69) is 10.1 Å². The van der Waals surface area contributed by atoms with Crippen LogP contribution in [-0.4, -0.2) is 16.0 Å². The molecule has 0 radical (unpaired) electrons. The molecule has 0 bridgehead atoms. The number of pyridine rings is 1. The van der Waals surface area contributed by atoms with Crippen molar-refractivity contribution in [3.05, 3.63) is 53.9 Å². The van der Waals surface area contributed by atoms with Gasteiger partial charge in [-0.1, -0.05) is 16.9 Å². The van der Waals surface area contributed by atoms with E-state index in [9.17, 15) is 8.78 Å². The molecule has 4 nitrogen and oxygen atoms in total. The van der Waals surface area contributed by atoms with Gasteiger partial charge < -0.3 is 10.9 Å². The minimum absolute atomic E-state index is 0.107. The van der Waals surface area contributed by atoms with Crippen molar-refractivity contribution in [3.8, 4) is 0 Å². The van der Waals surface area contributed by atoms with Crippen LogP contribution in [0.3, 0.4) is 0 Å². The van der Waals surface area contributed by atoms with Crippen molar-refractivity contribution in [1.82, 2.24) is 4.98 Å². The summed E-state index contributed by atoms with van der Waals surface area (Å²) in [6.07, 6.45) is 1.46. The molecule has 7 heteroatoms. The number of nitrogens with two attached hydrogens (primary N) is 1. The molecule has 1 aromatic carbocycles. The first-order chi connectivity index (χ1) is 9.10. The number of benzene rings is 1. The summed E-state index contributed by atoms with van der Waals surface area (Å²) in [5.41, 5.74) is 5.68. The van der Waals surface area contributed by atoms with Gasteiger partial charge in [-0.2, -0.15) is 0 Å². The molecule has 0 aliphatic rings. The van der Waals surface area contributed by atoms with E-state index in [0.717, 1.165) is 17.8 Å². The summed E-state index contributed by atoms with van der Waals surface area (Å²) in [5.74, 6) is -1.36. The van der Waals surface area contributed by atoms with Crippen LogP contribution in [0.1, 0.15) is 5.69 Å². The highest BCUT2D eigenvalue weighted by Crippen LogP contribution is 2.29. The highest BCUT2D eigenvalue weighted by molar-refractivity contribution is 7.99. The molecular weight excluding hydrogens is 272 g/mol. The van der Waals surface area contributed by atoms with Crippen molar-refractivity contribution in [2.45, 2.75) is 9.79 Å². The third-order valence-corrected chi connectivity index (χ3v) is 3.26. The molecule has 0 saturated carbocycles. The lowest BCUT2D eigenvalue weighted by atomic mass is 10.3. The molecule has 0 spiro atoms. The third kappa shape index (κ3) is 3.19. The predicted octanol–water partition coefficient (Wildman–Crippen LogP) is 2.61. The molecule has 2 rings (SSSR count). The summed E-state index contributed by atoms with van der Waals surface area (Å²) < 4.78 is 26.2. The quantitative estimate of drug-likeness (QED) is 0.392. The van der Waals surface area contributed by atoms with Gasteiger partial charge in [0.15, 0.2) is 5.84 Å². The monoisotopic (exact) mass is 281 g/mol. The summed E-state index contributed by atoms with van der Waals surface area (Å²) in [4.78, 5) is 4.90. The number of hydrogen-bond acceptors (Lipinski definition) is 4. The molecule has 0 aliphatic carbocycles. The molecule has 98 valence electrons. The zero-order chi connectivity index (χ0) is 13.8. The standard InChI is InChI=1S/C12H9F2N3OS/c13-7-1-4-11(9(14)5-7)19-8-2-3-10(16-6-8)12(15)17-18/h1-6,18H,(H2,15,17). The second kappa shape index (κ2) is 5.66. The Labute approximate surface area is 112 Å². The van der Waals surface area contributed by atoms with Crippen LogP contribution in [0.5, 0.6) is 0 Å². The van der Waals surface area contributed by atoms with Crippen LogP contribution in [0.2, 0.25) is 0 Å². The van der Waals surface area contributed by atoms with Crippen molar-refractivity contribution in [2.75, 3.05) is 0 Å². The number of amidine groups is 1. The van der Waals surface area contributed by atoms with Gasteiger partial charge in [0.1, 0.15) is 17.3 Å². The van der Waals surface area contributed by atoms with Gasteiger partial charge in [-0.25, -0.2) is 8.78 Å². The lowest BCUT2D eigenvalue weighted by Crippen LogP contribution is -2.14. The minimum atomic E-state index is -0.634. The van der Waals surface area contributed by atoms with Gasteiger partial charge in [-0.05, 0) is 24.3 Å². The Morgan fingerprint density at radius 3 is 2.63 bits per heavy atom. The van der Waals surface area contributed by atoms with E-state index in [-0.39, 0.29) is 5.84 Å². The van der Waals surface area contributed by atoms with Gasteiger partial charge in [0, 0.05) is 22.1 Å². The van der Waals surface area contributed by atoms with Crippen LogP contribution in [0.4, 0.5) is 8.78 Å². The summed E-state index contributed by atoms with van der Waals surface area (Å²) in [6.45, 7) is 0. The maximum atomic E-state index is 13.4. The molecule has 0 saturated heterocycles. The van der Waals surface area contributed by atoms with Crippen molar-refractivity contribution in [3.63, 3.8) is 0 Å². The Morgan fingerprint density at radius 2 is 2.05 bits per heavy atom. The van der Waals surface area contributed by atoms with Gasteiger partial charge in [0.25, 0.3) is 0 Å². The van der Waals surface area contributed by atoms with Crippen molar-refractivity contribution >= 4 is 17.6 Å². The molecule has 0 fully saturated rings. The molecular formula is C12H9F2N3OS. The SMILES string of the molecule is N/C(=N/O)c1ccc(Sc2ccc(F)cc2F)cn1. The lowest BCUT2D eigenvalue weighted by molar-refractivity contribution is 0.318. The maximum Gasteiger partial charge on any atom is 0.188 e. The molecule has 0 unspecified atom stereocenters. The van der Waals surface area contributed by atoms with Gasteiger partial charge in [-0.3, -0.25) is 4.98 Å². The Bertz CT molecular complexity index is 617. The molecule has 2 aromatic rings. The number of halogens is 2. The molecule has 1 heterocycles. The molecule has 19 heavy (non-hydrogen) atoms. The highest BCUT2D eigenvalue weighted by atomic mass is 32.2. The van der Waals surface area contributed by atoms with E-state index in [1.54, 1.807) is 12.1 Å². The van der Waals surface area contributed by atoms with E-state index < -0.39 is 11.6 Å². The number of hydrogen-bond donors (Lipinski definition) is 2. The van der Waals surface area contributed by atoms with Gasteiger partial charge in [0.05, 0.1) is 0 Å². The van der Waals surface area contributed by atoms with E-state index in [1.165, 1.54) is 18.3 Å². The smallest absolute Gasteiger partial charge is 0.188 e. The second-order valence-corrected chi connectivity index (χ2v) is 4.66. The summed E-state index contributed by atoms with van der Waals surface area (Å²) in [5, 5.41) is 11.3. The zero-order valence-electron chi connectivity index (χ0n) is 9.55. The Balaban J connectivity index is 2.20. The summed E-state index contributed by atoms with van der Waals surface area (Å²) in [7, 11) is 0. The van der Waals surface area contributed by atoms with Crippen LogP contribution in [-0.2, 0) is 0 Å².